The zero-order valence-electron chi connectivity index (χ0n) is 15.9. The fraction of sp³-hybridized carbons (Fsp3) is 0.182. The molecule has 2 aromatic carbocycles. The van der Waals surface area contributed by atoms with Gasteiger partial charge in [-0.25, -0.2) is 4.98 Å². The van der Waals surface area contributed by atoms with E-state index in [1.807, 2.05) is 35.7 Å². The summed E-state index contributed by atoms with van der Waals surface area (Å²) in [5.74, 6) is -0.0739. The van der Waals surface area contributed by atoms with Gasteiger partial charge in [0.25, 0.3) is 5.91 Å². The minimum Gasteiger partial charge on any atom is -0.451 e. The lowest BCUT2D eigenvalue weighted by Crippen LogP contribution is -2.13. The van der Waals surface area contributed by atoms with Gasteiger partial charge in [0.2, 0.25) is 0 Å². The largest absolute Gasteiger partial charge is 0.451 e. The summed E-state index contributed by atoms with van der Waals surface area (Å²) in [4.78, 5) is 17.4. The van der Waals surface area contributed by atoms with E-state index in [0.717, 1.165) is 22.2 Å². The monoisotopic (exact) mass is 392 g/mol. The van der Waals surface area contributed by atoms with Crippen LogP contribution in [0, 0.1) is 13.8 Å². The van der Waals surface area contributed by atoms with Crippen LogP contribution in [0.25, 0.3) is 22.2 Å². The number of hydrogen-bond acceptors (Lipinski definition) is 5. The highest BCUT2D eigenvalue weighted by Gasteiger charge is 2.21. The van der Waals surface area contributed by atoms with Gasteiger partial charge in [-0.1, -0.05) is 30.3 Å². The maximum Gasteiger partial charge on any atom is 0.293 e. The first-order valence-corrected chi connectivity index (χ1v) is 9.78. The van der Waals surface area contributed by atoms with E-state index in [4.69, 9.17) is 9.15 Å². The van der Waals surface area contributed by atoms with E-state index in [-0.39, 0.29) is 11.7 Å². The fourth-order valence-electron chi connectivity index (χ4n) is 3.09. The summed E-state index contributed by atoms with van der Waals surface area (Å²) in [6.07, 6.45) is 0. The Kier molecular flexibility index (Phi) is 4.98. The lowest BCUT2D eigenvalue weighted by atomic mass is 10.1. The van der Waals surface area contributed by atoms with Crippen LogP contribution < -0.4 is 5.32 Å². The number of carbonyl (C=O) groups excluding carboxylic acids is 1. The van der Waals surface area contributed by atoms with Crippen LogP contribution in [0.3, 0.4) is 0 Å². The number of furan rings is 1. The molecule has 0 fully saturated rings. The first kappa shape index (κ1) is 18.4. The Balaban J connectivity index is 1.61. The number of hydrogen-bond donors (Lipinski definition) is 1. The predicted molar refractivity (Wildman–Crippen MR) is 112 cm³/mol. The van der Waals surface area contributed by atoms with Gasteiger partial charge in [0.15, 0.2) is 10.9 Å². The Labute approximate surface area is 167 Å². The highest BCUT2D eigenvalue weighted by atomic mass is 32.1. The highest BCUT2D eigenvalue weighted by Crippen LogP contribution is 2.29. The molecule has 0 saturated carbocycles. The molecular weight excluding hydrogens is 372 g/mol. The number of aryl methyl sites for hydroxylation is 2. The van der Waals surface area contributed by atoms with Crippen LogP contribution in [0.15, 0.2) is 52.3 Å². The van der Waals surface area contributed by atoms with Crippen LogP contribution in [0.5, 0.6) is 0 Å². The Morgan fingerprint density at radius 3 is 2.79 bits per heavy atom. The molecule has 4 aromatic rings. The maximum absolute atomic E-state index is 12.8. The fourth-order valence-corrected chi connectivity index (χ4v) is 3.80. The number of benzene rings is 2. The summed E-state index contributed by atoms with van der Waals surface area (Å²) < 4.78 is 11.1. The number of carbonyl (C=O) groups is 1. The van der Waals surface area contributed by atoms with Gasteiger partial charge in [-0.3, -0.25) is 10.1 Å². The number of fused-ring (bicyclic) bond motifs is 1. The van der Waals surface area contributed by atoms with Crippen molar-refractivity contribution in [3.05, 3.63) is 70.3 Å². The van der Waals surface area contributed by atoms with Gasteiger partial charge in [-0.2, -0.15) is 0 Å². The van der Waals surface area contributed by atoms with Crippen LogP contribution in [0.1, 0.15) is 27.2 Å². The SMILES string of the molecule is COCc1c(C(=O)Nc2nc(-c3ccc(C)c(C)c3)cs2)oc2ccccc12. The molecule has 4 rings (SSSR count). The van der Waals surface area contributed by atoms with Crippen molar-refractivity contribution in [3.63, 3.8) is 0 Å². The number of nitrogens with zero attached hydrogens (tertiary/aromatic N) is 1. The number of anilines is 1. The van der Waals surface area contributed by atoms with E-state index in [1.54, 1.807) is 7.11 Å². The summed E-state index contributed by atoms with van der Waals surface area (Å²) in [6, 6.07) is 13.8. The molecule has 6 heteroatoms. The van der Waals surface area contributed by atoms with E-state index < -0.39 is 0 Å². The Hall–Kier alpha value is -2.96. The van der Waals surface area contributed by atoms with Crippen LogP contribution in [0.2, 0.25) is 0 Å². The van der Waals surface area contributed by atoms with Crippen molar-refractivity contribution in [2.75, 3.05) is 12.4 Å². The molecule has 0 spiro atoms. The van der Waals surface area contributed by atoms with E-state index in [1.165, 1.54) is 22.5 Å². The van der Waals surface area contributed by atoms with Crippen molar-refractivity contribution >= 4 is 33.3 Å². The molecule has 0 aliphatic rings. The summed E-state index contributed by atoms with van der Waals surface area (Å²) >= 11 is 1.39. The third kappa shape index (κ3) is 3.44. The van der Waals surface area contributed by atoms with Gasteiger partial charge in [-0.05, 0) is 37.1 Å². The van der Waals surface area contributed by atoms with Gasteiger partial charge in [-0.15, -0.1) is 11.3 Å². The lowest BCUT2D eigenvalue weighted by Gasteiger charge is -2.03. The molecule has 0 atom stereocenters. The Bertz CT molecular complexity index is 1160. The molecule has 0 unspecified atom stereocenters. The zero-order valence-corrected chi connectivity index (χ0v) is 16.7. The molecule has 0 radical (unpaired) electrons. The summed E-state index contributed by atoms with van der Waals surface area (Å²) in [5, 5.41) is 6.20. The standard InChI is InChI=1S/C22H20N2O3S/c1-13-8-9-15(10-14(13)2)18-12-28-22(23-18)24-21(25)20-17(11-26-3)16-6-4-5-7-19(16)27-20/h4-10,12H,11H2,1-3H3,(H,23,24,25). The Morgan fingerprint density at radius 1 is 1.18 bits per heavy atom. The van der Waals surface area contributed by atoms with Gasteiger partial charge >= 0.3 is 0 Å². The quantitative estimate of drug-likeness (QED) is 0.482. The second kappa shape index (κ2) is 7.58. The number of para-hydroxylation sites is 1. The third-order valence-corrected chi connectivity index (χ3v) is 5.48. The van der Waals surface area contributed by atoms with Crippen LogP contribution >= 0.6 is 11.3 Å². The molecule has 1 amide bonds. The minimum absolute atomic E-state index is 0.256. The summed E-state index contributed by atoms with van der Waals surface area (Å²) in [7, 11) is 1.60. The highest BCUT2D eigenvalue weighted by molar-refractivity contribution is 7.14. The number of thiazole rings is 1. The van der Waals surface area contributed by atoms with Crippen molar-refractivity contribution in [2.24, 2.45) is 0 Å². The molecular formula is C22H20N2O3S. The second-order valence-electron chi connectivity index (χ2n) is 6.63. The lowest BCUT2D eigenvalue weighted by molar-refractivity contribution is 0.0992. The van der Waals surface area contributed by atoms with Crippen LogP contribution in [-0.4, -0.2) is 18.0 Å². The number of nitrogens with one attached hydrogen (secondary N) is 1. The molecule has 0 saturated heterocycles. The number of ether oxygens (including phenoxy) is 1. The number of rotatable bonds is 5. The van der Waals surface area contributed by atoms with Gasteiger partial charge in [0, 0.05) is 29.0 Å². The van der Waals surface area contributed by atoms with Gasteiger partial charge < -0.3 is 9.15 Å². The number of aromatic nitrogens is 1. The predicted octanol–water partition coefficient (Wildman–Crippen LogP) is 5.57. The van der Waals surface area contributed by atoms with Crippen LogP contribution in [0.4, 0.5) is 5.13 Å². The van der Waals surface area contributed by atoms with Gasteiger partial charge in [0.05, 0.1) is 12.3 Å². The molecule has 28 heavy (non-hydrogen) atoms. The van der Waals surface area contributed by atoms with Crippen molar-refractivity contribution in [1.29, 1.82) is 0 Å². The summed E-state index contributed by atoms with van der Waals surface area (Å²) in [5.41, 5.74) is 5.72. The van der Waals surface area contributed by atoms with E-state index >= 15 is 0 Å². The average molecular weight is 392 g/mol. The molecule has 2 aromatic heterocycles. The van der Waals surface area contributed by atoms with Crippen molar-refractivity contribution in [2.45, 2.75) is 20.5 Å². The molecule has 1 N–H and O–H groups in total. The number of amides is 1. The van der Waals surface area contributed by atoms with E-state index in [2.05, 4.69) is 36.3 Å². The third-order valence-electron chi connectivity index (χ3n) is 4.72. The van der Waals surface area contributed by atoms with E-state index in [0.29, 0.717) is 17.3 Å². The molecule has 0 bridgehead atoms. The minimum atomic E-state index is -0.329. The Morgan fingerprint density at radius 2 is 2.00 bits per heavy atom. The molecule has 2 heterocycles. The smallest absolute Gasteiger partial charge is 0.293 e. The molecule has 5 nitrogen and oxygen atoms in total. The van der Waals surface area contributed by atoms with Crippen molar-refractivity contribution in [1.82, 2.24) is 4.98 Å². The van der Waals surface area contributed by atoms with E-state index in [9.17, 15) is 4.79 Å². The molecule has 142 valence electrons. The van der Waals surface area contributed by atoms with Gasteiger partial charge in [0.1, 0.15) is 5.58 Å². The average Bonchev–Trinajstić information content (AvgIpc) is 3.29. The first-order valence-electron chi connectivity index (χ1n) is 8.90. The first-order chi connectivity index (χ1) is 13.6. The second-order valence-corrected chi connectivity index (χ2v) is 7.49. The molecule has 0 aliphatic heterocycles. The normalized spacial score (nSPS) is 11.1. The maximum atomic E-state index is 12.8. The van der Waals surface area contributed by atoms with Crippen molar-refractivity contribution in [3.8, 4) is 11.3 Å². The zero-order chi connectivity index (χ0) is 19.7. The molecule has 0 aliphatic carbocycles. The summed E-state index contributed by atoms with van der Waals surface area (Å²) in [6.45, 7) is 4.45. The number of methoxy groups -OCH3 is 1. The van der Waals surface area contributed by atoms with Crippen molar-refractivity contribution < 1.29 is 13.9 Å². The van der Waals surface area contributed by atoms with Crippen LogP contribution in [-0.2, 0) is 11.3 Å². The topological polar surface area (TPSA) is 64.4 Å².